The third-order valence-corrected chi connectivity index (χ3v) is 6.87. The number of nitrogens with one attached hydrogen (secondary N) is 2. The van der Waals surface area contributed by atoms with Crippen molar-refractivity contribution in [2.24, 2.45) is 0 Å². The topological polar surface area (TPSA) is 114 Å². The fraction of sp³-hybridized carbons (Fsp3) is 0.222. The lowest BCUT2D eigenvalue weighted by atomic mass is 10.1. The summed E-state index contributed by atoms with van der Waals surface area (Å²) < 4.78 is 26.3. The van der Waals surface area contributed by atoms with Crippen LogP contribution in [0, 0.1) is 0 Å². The first kappa shape index (κ1) is 18.5. The summed E-state index contributed by atoms with van der Waals surface area (Å²) in [5, 5.41) is 4.35. The van der Waals surface area contributed by atoms with Crippen LogP contribution < -0.4 is 10.0 Å². The van der Waals surface area contributed by atoms with Crippen molar-refractivity contribution in [3.63, 3.8) is 0 Å². The van der Waals surface area contributed by atoms with Crippen LogP contribution in [-0.2, 0) is 21.2 Å². The van der Waals surface area contributed by atoms with E-state index in [0.717, 1.165) is 11.1 Å². The standard InChI is InChI=1S/C18H17N5O3S2/c24-17(8-14-11-27-18(21-14)23-28(25,26)15-4-5-15)22-16-6-3-13(10-20-16)12-2-1-7-19-9-12/h1-3,6-7,9-11,15H,4-5,8H2,(H,21,23)(H,20,22,24). The molecule has 0 bridgehead atoms. The Labute approximate surface area is 166 Å². The summed E-state index contributed by atoms with van der Waals surface area (Å²) in [6.07, 6.45) is 6.51. The molecule has 3 aromatic heterocycles. The molecule has 2 N–H and O–H groups in total. The van der Waals surface area contributed by atoms with Crippen LogP contribution in [0.5, 0.6) is 0 Å². The van der Waals surface area contributed by atoms with E-state index >= 15 is 0 Å². The van der Waals surface area contributed by atoms with Crippen LogP contribution in [0.3, 0.4) is 0 Å². The Morgan fingerprint density at radius 1 is 1.18 bits per heavy atom. The number of hydrogen-bond acceptors (Lipinski definition) is 7. The van der Waals surface area contributed by atoms with Gasteiger partial charge in [-0.25, -0.2) is 18.4 Å². The van der Waals surface area contributed by atoms with Gasteiger partial charge in [-0.3, -0.25) is 14.5 Å². The first-order valence-corrected chi connectivity index (χ1v) is 11.0. The van der Waals surface area contributed by atoms with E-state index in [2.05, 4.69) is 25.0 Å². The molecule has 0 saturated heterocycles. The Hall–Kier alpha value is -2.85. The average molecular weight is 416 g/mol. The number of nitrogens with zero attached hydrogens (tertiary/aromatic N) is 3. The lowest BCUT2D eigenvalue weighted by molar-refractivity contribution is -0.115. The second-order valence-corrected chi connectivity index (χ2v) is 9.21. The van der Waals surface area contributed by atoms with E-state index in [9.17, 15) is 13.2 Å². The maximum atomic E-state index is 12.2. The number of rotatable bonds is 7. The van der Waals surface area contributed by atoms with Crippen molar-refractivity contribution in [1.82, 2.24) is 15.0 Å². The van der Waals surface area contributed by atoms with Crippen LogP contribution in [0.2, 0.25) is 0 Å². The van der Waals surface area contributed by atoms with Crippen LogP contribution in [0.1, 0.15) is 18.5 Å². The number of aromatic nitrogens is 3. The van der Waals surface area contributed by atoms with Gasteiger partial charge in [0.15, 0.2) is 5.13 Å². The molecule has 1 aliphatic carbocycles. The van der Waals surface area contributed by atoms with Gasteiger partial charge in [0, 0.05) is 35.1 Å². The molecule has 1 saturated carbocycles. The quantitative estimate of drug-likeness (QED) is 0.613. The SMILES string of the molecule is O=C(Cc1csc(NS(=O)(=O)C2CC2)n1)Nc1ccc(-c2cccnc2)cn1. The lowest BCUT2D eigenvalue weighted by Crippen LogP contribution is -2.18. The third-order valence-electron chi connectivity index (χ3n) is 4.11. The number of pyridine rings is 2. The lowest BCUT2D eigenvalue weighted by Gasteiger charge is -2.05. The molecule has 10 heteroatoms. The van der Waals surface area contributed by atoms with Crippen molar-refractivity contribution in [2.75, 3.05) is 10.0 Å². The van der Waals surface area contributed by atoms with Crippen LogP contribution in [0.15, 0.2) is 48.2 Å². The maximum absolute atomic E-state index is 12.2. The van der Waals surface area contributed by atoms with E-state index in [1.54, 1.807) is 30.0 Å². The molecule has 1 aliphatic rings. The maximum Gasteiger partial charge on any atom is 0.237 e. The van der Waals surface area contributed by atoms with Gasteiger partial charge >= 0.3 is 0 Å². The van der Waals surface area contributed by atoms with Crippen LogP contribution >= 0.6 is 11.3 Å². The average Bonchev–Trinajstić information content (AvgIpc) is 3.46. The molecule has 1 fully saturated rings. The molecule has 0 spiro atoms. The normalized spacial score (nSPS) is 13.9. The highest BCUT2D eigenvalue weighted by Gasteiger charge is 2.36. The molecule has 0 aromatic carbocycles. The highest BCUT2D eigenvalue weighted by atomic mass is 32.2. The van der Waals surface area contributed by atoms with Gasteiger partial charge in [-0.05, 0) is 31.0 Å². The zero-order valence-corrected chi connectivity index (χ0v) is 16.3. The zero-order valence-electron chi connectivity index (χ0n) is 14.7. The van der Waals surface area contributed by atoms with Gasteiger partial charge < -0.3 is 5.32 Å². The second kappa shape index (κ2) is 7.64. The summed E-state index contributed by atoms with van der Waals surface area (Å²) in [5.41, 5.74) is 2.35. The summed E-state index contributed by atoms with van der Waals surface area (Å²) >= 11 is 1.17. The van der Waals surface area contributed by atoms with E-state index in [4.69, 9.17) is 0 Å². The van der Waals surface area contributed by atoms with Gasteiger partial charge in [0.2, 0.25) is 15.9 Å². The number of carbonyl (C=O) groups is 1. The Balaban J connectivity index is 1.34. The largest absolute Gasteiger partial charge is 0.310 e. The third kappa shape index (κ3) is 4.52. The molecule has 3 aromatic rings. The molecular formula is C18H17N5O3S2. The second-order valence-electron chi connectivity index (χ2n) is 6.39. The number of hydrogen-bond donors (Lipinski definition) is 2. The molecular weight excluding hydrogens is 398 g/mol. The minimum Gasteiger partial charge on any atom is -0.310 e. The summed E-state index contributed by atoms with van der Waals surface area (Å²) in [4.78, 5) is 24.7. The van der Waals surface area contributed by atoms with E-state index < -0.39 is 10.0 Å². The molecule has 1 amide bonds. The fourth-order valence-corrected chi connectivity index (χ4v) is 4.85. The van der Waals surface area contributed by atoms with Gasteiger partial charge in [-0.1, -0.05) is 6.07 Å². The van der Waals surface area contributed by atoms with Gasteiger partial charge in [-0.2, -0.15) is 0 Å². The van der Waals surface area contributed by atoms with Crippen molar-refractivity contribution >= 4 is 38.2 Å². The number of carbonyl (C=O) groups excluding carboxylic acids is 1. The minimum atomic E-state index is -3.35. The van der Waals surface area contributed by atoms with Crippen molar-refractivity contribution < 1.29 is 13.2 Å². The fourth-order valence-electron chi connectivity index (χ4n) is 2.54. The number of sulfonamides is 1. The van der Waals surface area contributed by atoms with Crippen molar-refractivity contribution in [3.8, 4) is 11.1 Å². The van der Waals surface area contributed by atoms with E-state index in [-0.39, 0.29) is 22.7 Å². The summed E-state index contributed by atoms with van der Waals surface area (Å²) in [6, 6.07) is 7.35. The number of anilines is 2. The van der Waals surface area contributed by atoms with Gasteiger partial charge in [-0.15, -0.1) is 11.3 Å². The van der Waals surface area contributed by atoms with Crippen molar-refractivity contribution in [1.29, 1.82) is 0 Å². The molecule has 0 aliphatic heterocycles. The number of amides is 1. The highest BCUT2D eigenvalue weighted by molar-refractivity contribution is 7.93. The first-order valence-electron chi connectivity index (χ1n) is 8.62. The van der Waals surface area contributed by atoms with Crippen LogP contribution in [0.4, 0.5) is 10.9 Å². The summed E-state index contributed by atoms with van der Waals surface area (Å²) in [6.45, 7) is 0. The Morgan fingerprint density at radius 3 is 2.68 bits per heavy atom. The molecule has 0 radical (unpaired) electrons. The Morgan fingerprint density at radius 2 is 2.00 bits per heavy atom. The van der Waals surface area contributed by atoms with Crippen molar-refractivity contribution in [3.05, 3.63) is 53.9 Å². The van der Waals surface area contributed by atoms with Gasteiger partial charge in [0.1, 0.15) is 5.82 Å². The molecule has 8 nitrogen and oxygen atoms in total. The van der Waals surface area contributed by atoms with E-state index in [0.29, 0.717) is 24.4 Å². The highest BCUT2D eigenvalue weighted by Crippen LogP contribution is 2.30. The van der Waals surface area contributed by atoms with Gasteiger partial charge in [0.25, 0.3) is 0 Å². The smallest absolute Gasteiger partial charge is 0.237 e. The summed E-state index contributed by atoms with van der Waals surface area (Å²) in [5.74, 6) is 0.158. The van der Waals surface area contributed by atoms with E-state index in [1.807, 2.05) is 18.2 Å². The van der Waals surface area contributed by atoms with Crippen molar-refractivity contribution in [2.45, 2.75) is 24.5 Å². The van der Waals surface area contributed by atoms with Crippen LogP contribution in [-0.4, -0.2) is 34.5 Å². The summed E-state index contributed by atoms with van der Waals surface area (Å²) in [7, 11) is -3.35. The first-order chi connectivity index (χ1) is 13.5. The zero-order chi connectivity index (χ0) is 19.6. The Kier molecular flexibility index (Phi) is 5.05. The molecule has 3 heterocycles. The number of thiazole rings is 1. The molecule has 28 heavy (non-hydrogen) atoms. The monoisotopic (exact) mass is 415 g/mol. The predicted molar refractivity (Wildman–Crippen MR) is 107 cm³/mol. The predicted octanol–water partition coefficient (Wildman–Crippen LogP) is 2.69. The molecule has 144 valence electrons. The Bertz CT molecular complexity index is 1080. The molecule has 4 rings (SSSR count). The molecule has 0 atom stereocenters. The van der Waals surface area contributed by atoms with Gasteiger partial charge in [0.05, 0.1) is 17.4 Å². The van der Waals surface area contributed by atoms with Crippen LogP contribution in [0.25, 0.3) is 11.1 Å². The molecule has 0 unspecified atom stereocenters. The minimum absolute atomic E-state index is 0.0354. The van der Waals surface area contributed by atoms with E-state index in [1.165, 1.54) is 11.3 Å².